The second-order valence-electron chi connectivity index (χ2n) is 17.9. The quantitative estimate of drug-likeness (QED) is 0.0211. The molecular formula is C54H93KO7S. The molecule has 0 fully saturated rings. The molecule has 0 spiro atoms. The summed E-state index contributed by atoms with van der Waals surface area (Å²) in [5.74, 6) is -1.67. The second kappa shape index (κ2) is 46.3. The van der Waals surface area contributed by atoms with Crippen LogP contribution in [-0.2, 0) is 19.6 Å². The van der Waals surface area contributed by atoms with Gasteiger partial charge in [-0.3, -0.25) is 0 Å². The average molecular weight is 925 g/mol. The molecule has 7 nitrogen and oxygen atoms in total. The van der Waals surface area contributed by atoms with Crippen molar-refractivity contribution < 1.29 is 83.4 Å². The number of carbonyl (C=O) groups is 2. The smallest absolute Gasteiger partial charge is 0.744 e. The van der Waals surface area contributed by atoms with Crippen molar-refractivity contribution in [2.75, 3.05) is 13.2 Å². The summed E-state index contributed by atoms with van der Waals surface area (Å²) in [7, 11) is -4.84. The summed E-state index contributed by atoms with van der Waals surface area (Å²) in [5, 5.41) is 0. The molecule has 9 heteroatoms. The largest absolute Gasteiger partial charge is 1.00 e. The Morgan fingerprint density at radius 1 is 0.429 bits per heavy atom. The SMILES string of the molecule is CCCCCCCCCCCCCCCCCCCC/C=C/COC(=O)c1ccc(S(=O)(=O)[O-])cc1C(=O)OC/C=C/CCCCCCCCCCCCCCCCCCCC.[K+]. The van der Waals surface area contributed by atoms with Crippen LogP contribution in [0.5, 0.6) is 0 Å². The first-order chi connectivity index (χ1) is 30.3. The maximum atomic E-state index is 13.0. The minimum absolute atomic E-state index is 0. The minimum Gasteiger partial charge on any atom is -0.744 e. The first kappa shape index (κ1) is 62.2. The summed E-state index contributed by atoms with van der Waals surface area (Å²) in [4.78, 5) is 25.3. The fraction of sp³-hybridized carbons (Fsp3) is 0.778. The molecule has 0 radical (unpaired) electrons. The van der Waals surface area contributed by atoms with E-state index in [1.54, 1.807) is 12.2 Å². The first-order valence-corrected chi connectivity index (χ1v) is 27.5. The molecule has 0 aromatic heterocycles. The van der Waals surface area contributed by atoms with Crippen molar-refractivity contribution in [2.45, 2.75) is 263 Å². The Morgan fingerprint density at radius 2 is 0.698 bits per heavy atom. The van der Waals surface area contributed by atoms with Gasteiger partial charge in [0.05, 0.1) is 16.0 Å². The number of carbonyl (C=O) groups excluding carboxylic acids is 2. The zero-order valence-corrected chi connectivity index (χ0v) is 45.0. The Balaban J connectivity index is 0.0000384. The van der Waals surface area contributed by atoms with Gasteiger partial charge in [-0.15, -0.1) is 0 Å². The van der Waals surface area contributed by atoms with Gasteiger partial charge in [0.2, 0.25) is 0 Å². The molecule has 0 saturated heterocycles. The van der Waals surface area contributed by atoms with Crippen LogP contribution < -0.4 is 51.4 Å². The van der Waals surface area contributed by atoms with Crippen LogP contribution in [0.2, 0.25) is 0 Å². The number of benzene rings is 1. The predicted octanol–water partition coefficient (Wildman–Crippen LogP) is 13.9. The van der Waals surface area contributed by atoms with E-state index in [9.17, 15) is 22.6 Å². The number of rotatable bonds is 45. The molecule has 0 atom stereocenters. The van der Waals surface area contributed by atoms with Crippen LogP contribution in [0.1, 0.15) is 279 Å². The van der Waals surface area contributed by atoms with Crippen LogP contribution in [-0.4, -0.2) is 38.1 Å². The van der Waals surface area contributed by atoms with Crippen LogP contribution in [0.4, 0.5) is 0 Å². The molecule has 1 rings (SSSR count). The maximum absolute atomic E-state index is 13.0. The van der Waals surface area contributed by atoms with E-state index in [1.807, 2.05) is 12.2 Å². The molecule has 0 aliphatic rings. The Bertz CT molecular complexity index is 1380. The van der Waals surface area contributed by atoms with Crippen molar-refractivity contribution in [3.05, 3.63) is 53.6 Å². The van der Waals surface area contributed by atoms with E-state index in [1.165, 1.54) is 218 Å². The van der Waals surface area contributed by atoms with E-state index >= 15 is 0 Å². The van der Waals surface area contributed by atoms with Gasteiger partial charge < -0.3 is 14.0 Å². The van der Waals surface area contributed by atoms with Crippen LogP contribution >= 0.6 is 0 Å². The van der Waals surface area contributed by atoms with Gasteiger partial charge in [0.15, 0.2) is 0 Å². The Kier molecular flexibility index (Phi) is 45.7. The molecule has 358 valence electrons. The summed E-state index contributed by atoms with van der Waals surface area (Å²) in [5.41, 5.74) is -0.436. The molecule has 1 aromatic carbocycles. The number of esters is 2. The third-order valence-electron chi connectivity index (χ3n) is 12.1. The molecule has 1 aromatic rings. The Morgan fingerprint density at radius 3 is 0.984 bits per heavy atom. The van der Waals surface area contributed by atoms with Gasteiger partial charge in [0.1, 0.15) is 23.3 Å². The fourth-order valence-electron chi connectivity index (χ4n) is 8.13. The van der Waals surface area contributed by atoms with Crippen LogP contribution in [0.3, 0.4) is 0 Å². The van der Waals surface area contributed by atoms with Crippen LogP contribution in [0.15, 0.2) is 47.4 Å². The monoisotopic (exact) mass is 925 g/mol. The molecule has 0 bridgehead atoms. The van der Waals surface area contributed by atoms with E-state index in [0.29, 0.717) is 0 Å². The molecule has 0 heterocycles. The van der Waals surface area contributed by atoms with Gasteiger partial charge in [-0.2, -0.15) is 0 Å². The third-order valence-corrected chi connectivity index (χ3v) is 13.0. The van der Waals surface area contributed by atoms with Crippen molar-refractivity contribution in [3.8, 4) is 0 Å². The Hall–Kier alpha value is -0.814. The average Bonchev–Trinajstić information content (AvgIpc) is 3.26. The number of unbranched alkanes of at least 4 members (excludes halogenated alkanes) is 36. The Labute approximate surface area is 431 Å². The summed E-state index contributed by atoms with van der Waals surface area (Å²) in [6.07, 6.45) is 57.6. The van der Waals surface area contributed by atoms with Crippen LogP contribution in [0, 0.1) is 0 Å². The van der Waals surface area contributed by atoms with E-state index < -0.39 is 27.0 Å². The van der Waals surface area contributed by atoms with Gasteiger partial charge in [-0.05, 0) is 43.9 Å². The summed E-state index contributed by atoms with van der Waals surface area (Å²) in [6, 6.07) is 3.06. The van der Waals surface area contributed by atoms with Crippen LogP contribution in [0.25, 0.3) is 0 Å². The molecular weight excluding hydrogens is 832 g/mol. The van der Waals surface area contributed by atoms with Crippen molar-refractivity contribution in [1.82, 2.24) is 0 Å². The van der Waals surface area contributed by atoms with Gasteiger partial charge >= 0.3 is 63.3 Å². The van der Waals surface area contributed by atoms with Gasteiger partial charge in [-0.25, -0.2) is 18.0 Å². The third kappa shape index (κ3) is 38.9. The molecule has 0 unspecified atom stereocenters. The number of hydrogen-bond donors (Lipinski definition) is 0. The summed E-state index contributed by atoms with van der Waals surface area (Å²) in [6.45, 7) is 4.55. The topological polar surface area (TPSA) is 110 Å². The first-order valence-electron chi connectivity index (χ1n) is 26.0. The number of allylic oxidation sites excluding steroid dienone is 2. The van der Waals surface area contributed by atoms with Crippen molar-refractivity contribution in [2.24, 2.45) is 0 Å². The second-order valence-corrected chi connectivity index (χ2v) is 19.3. The van der Waals surface area contributed by atoms with Gasteiger partial charge in [-0.1, -0.05) is 256 Å². The van der Waals surface area contributed by atoms with Gasteiger partial charge in [0, 0.05) is 0 Å². The zero-order valence-electron chi connectivity index (χ0n) is 41.1. The molecule has 0 saturated carbocycles. The standard InChI is InChI=1S/C54H94O7S.K/c1-3-5-7-9-11-13-15-17-19-21-23-25-27-29-31-33-35-37-39-41-43-47-60-53(55)51-46-45-50(62(57,58)59)49-52(51)54(56)61-48-44-42-40-38-36-34-32-30-28-26-24-22-20-18-16-14-12-10-8-6-4-2;/h41-46,49H,3-40,47-48H2,1-2H3,(H,57,58,59);/q;+1/p-1/b43-41+,44-42+;. The predicted molar refractivity (Wildman–Crippen MR) is 260 cm³/mol. The number of hydrogen-bond acceptors (Lipinski definition) is 7. The zero-order chi connectivity index (χ0) is 45.0. The van der Waals surface area contributed by atoms with Gasteiger partial charge in [0.25, 0.3) is 0 Å². The van der Waals surface area contributed by atoms with E-state index in [0.717, 1.165) is 43.9 Å². The summed E-state index contributed by atoms with van der Waals surface area (Å²) >= 11 is 0. The molecule has 63 heavy (non-hydrogen) atoms. The normalized spacial score (nSPS) is 11.7. The molecule has 0 aliphatic carbocycles. The molecule has 0 N–H and O–H groups in total. The summed E-state index contributed by atoms with van der Waals surface area (Å²) < 4.78 is 45.8. The van der Waals surface area contributed by atoms with Crippen molar-refractivity contribution in [1.29, 1.82) is 0 Å². The molecule has 0 aliphatic heterocycles. The fourth-order valence-corrected chi connectivity index (χ4v) is 8.63. The van der Waals surface area contributed by atoms with E-state index in [2.05, 4.69) is 13.8 Å². The van der Waals surface area contributed by atoms with E-state index in [-0.39, 0.29) is 75.7 Å². The van der Waals surface area contributed by atoms with E-state index in [4.69, 9.17) is 9.47 Å². The van der Waals surface area contributed by atoms with Crippen molar-refractivity contribution >= 4 is 22.1 Å². The molecule has 0 amide bonds. The van der Waals surface area contributed by atoms with Crippen molar-refractivity contribution in [3.63, 3.8) is 0 Å². The maximum Gasteiger partial charge on any atom is 1.00 e. The minimum atomic E-state index is -4.84. The number of ether oxygens (including phenoxy) is 2.